The Bertz CT molecular complexity index is 1490. The van der Waals surface area contributed by atoms with Crippen LogP contribution in [0.5, 0.6) is 0 Å². The first-order valence-electron chi connectivity index (χ1n) is 11.9. The number of piperidine rings is 1. The molecule has 5 heterocycles. The smallest absolute Gasteiger partial charge is 0.280 e. The molecule has 0 unspecified atom stereocenters. The van der Waals surface area contributed by atoms with Gasteiger partial charge < -0.3 is 18.9 Å². The number of benzene rings is 1. The second-order valence-corrected chi connectivity index (χ2v) is 9.07. The van der Waals surface area contributed by atoms with E-state index in [0.717, 1.165) is 0 Å². The van der Waals surface area contributed by atoms with Crippen LogP contribution >= 0.6 is 0 Å². The normalized spacial score (nSPS) is 17.3. The van der Waals surface area contributed by atoms with Gasteiger partial charge in [-0.05, 0) is 37.3 Å². The minimum atomic E-state index is -0.585. The minimum absolute atomic E-state index is 0.194. The zero-order valence-electron chi connectivity index (χ0n) is 19.8. The summed E-state index contributed by atoms with van der Waals surface area (Å²) in [5.41, 5.74) is 0.916. The molecule has 1 spiro atoms. The van der Waals surface area contributed by atoms with Crippen LogP contribution in [-0.2, 0) is 20.8 Å². The van der Waals surface area contributed by atoms with E-state index in [1.54, 1.807) is 40.9 Å². The largest absolute Gasteiger partial charge is 0.347 e. The Morgan fingerprint density at radius 2 is 1.81 bits per heavy atom. The molecule has 11 heteroatoms. The number of amides is 1. The number of halogens is 1. The fraction of sp³-hybridized carbons (Fsp3) is 0.360. The number of aromatic nitrogens is 5. The Kier molecular flexibility index (Phi) is 5.45. The van der Waals surface area contributed by atoms with Crippen molar-refractivity contribution in [1.29, 1.82) is 0 Å². The van der Waals surface area contributed by atoms with Crippen LogP contribution in [0.3, 0.4) is 0 Å². The van der Waals surface area contributed by atoms with Crippen molar-refractivity contribution in [3.05, 3.63) is 70.7 Å². The van der Waals surface area contributed by atoms with Gasteiger partial charge in [-0.1, -0.05) is 6.07 Å². The third-order valence-corrected chi connectivity index (χ3v) is 6.80. The molecular weight excluding hydrogens is 467 g/mol. The van der Waals surface area contributed by atoms with E-state index in [1.165, 1.54) is 21.5 Å². The topological polar surface area (TPSA) is 96.4 Å². The first-order chi connectivity index (χ1) is 17.4. The molecule has 0 aliphatic carbocycles. The molecule has 36 heavy (non-hydrogen) atoms. The number of hydrogen-bond donors (Lipinski definition) is 0. The first-order valence-corrected chi connectivity index (χ1v) is 11.9. The molecule has 2 aliphatic rings. The molecule has 1 amide bonds. The molecule has 0 N–H and O–H groups in total. The summed E-state index contributed by atoms with van der Waals surface area (Å²) in [5.74, 6) is -0.748. The third kappa shape index (κ3) is 3.80. The van der Waals surface area contributed by atoms with Gasteiger partial charge in [0, 0.05) is 38.3 Å². The average molecular weight is 493 g/mol. The van der Waals surface area contributed by atoms with E-state index >= 15 is 0 Å². The highest BCUT2D eigenvalue weighted by molar-refractivity contribution is 5.88. The SMILES string of the molecule is Cc1nn(CC(=O)N2CCC3(CC2)OCCO3)c(=O)c2c(-n3cccc3)n(-c3cccc(F)c3)nc12. The number of aryl methyl sites for hydroxylation is 1. The Morgan fingerprint density at radius 3 is 2.50 bits per heavy atom. The first kappa shape index (κ1) is 22.6. The monoisotopic (exact) mass is 492 g/mol. The summed E-state index contributed by atoms with van der Waals surface area (Å²) in [5, 5.41) is 9.33. The van der Waals surface area contributed by atoms with Crippen molar-refractivity contribution < 1.29 is 18.7 Å². The standard InChI is InChI=1S/C25H25FN6O4/c1-17-22-21(23(30-9-2-3-10-30)32(28-22)19-6-4-5-18(26)15-19)24(34)31(27-17)16-20(33)29-11-7-25(8-12-29)35-13-14-36-25/h2-6,9-10,15H,7-8,11-14,16H2,1H3. The number of fused-ring (bicyclic) bond motifs is 1. The number of likely N-dealkylation sites (tertiary alicyclic amines) is 1. The van der Waals surface area contributed by atoms with Gasteiger partial charge in [-0.2, -0.15) is 10.2 Å². The van der Waals surface area contributed by atoms with Gasteiger partial charge in [0.1, 0.15) is 23.3 Å². The van der Waals surface area contributed by atoms with Gasteiger partial charge >= 0.3 is 0 Å². The number of carbonyl (C=O) groups is 1. The van der Waals surface area contributed by atoms with Gasteiger partial charge in [0.25, 0.3) is 5.56 Å². The van der Waals surface area contributed by atoms with Crippen LogP contribution in [-0.4, -0.2) is 67.0 Å². The maximum atomic E-state index is 14.0. The van der Waals surface area contributed by atoms with E-state index in [4.69, 9.17) is 9.47 Å². The maximum Gasteiger partial charge on any atom is 0.280 e. The Balaban J connectivity index is 1.38. The molecule has 0 bridgehead atoms. The Morgan fingerprint density at radius 1 is 1.08 bits per heavy atom. The van der Waals surface area contributed by atoms with Crippen LogP contribution < -0.4 is 5.56 Å². The quantitative estimate of drug-likeness (QED) is 0.433. The van der Waals surface area contributed by atoms with Crippen molar-refractivity contribution in [1.82, 2.24) is 29.0 Å². The fourth-order valence-electron chi connectivity index (χ4n) is 4.98. The number of hydrogen-bond acceptors (Lipinski definition) is 6. The molecule has 2 aliphatic heterocycles. The van der Waals surface area contributed by atoms with E-state index in [0.29, 0.717) is 67.2 Å². The summed E-state index contributed by atoms with van der Waals surface area (Å²) in [6, 6.07) is 9.65. The zero-order chi connectivity index (χ0) is 24.9. The van der Waals surface area contributed by atoms with Crippen LogP contribution in [0.4, 0.5) is 4.39 Å². The molecule has 6 rings (SSSR count). The van der Waals surface area contributed by atoms with Crippen LogP contribution in [0.1, 0.15) is 18.5 Å². The number of nitrogens with zero attached hydrogens (tertiary/aromatic N) is 6. The predicted molar refractivity (Wildman–Crippen MR) is 128 cm³/mol. The van der Waals surface area contributed by atoms with Crippen LogP contribution in [0, 0.1) is 12.7 Å². The number of rotatable bonds is 4. The van der Waals surface area contributed by atoms with Gasteiger partial charge in [0.05, 0.1) is 24.6 Å². The lowest BCUT2D eigenvalue weighted by Gasteiger charge is -2.37. The highest BCUT2D eigenvalue weighted by Crippen LogP contribution is 2.31. The molecule has 0 saturated carbocycles. The van der Waals surface area contributed by atoms with Gasteiger partial charge in [-0.3, -0.25) is 9.59 Å². The summed E-state index contributed by atoms with van der Waals surface area (Å²) in [7, 11) is 0. The lowest BCUT2D eigenvalue weighted by Crippen LogP contribution is -2.48. The highest BCUT2D eigenvalue weighted by atomic mass is 19.1. The zero-order valence-corrected chi connectivity index (χ0v) is 19.8. The fourth-order valence-corrected chi connectivity index (χ4v) is 4.98. The van der Waals surface area contributed by atoms with E-state index < -0.39 is 17.2 Å². The molecule has 1 aromatic carbocycles. The van der Waals surface area contributed by atoms with Gasteiger partial charge in [0.2, 0.25) is 5.91 Å². The molecule has 10 nitrogen and oxygen atoms in total. The number of carbonyl (C=O) groups excluding carboxylic acids is 1. The van der Waals surface area contributed by atoms with Gasteiger partial charge in [-0.15, -0.1) is 0 Å². The average Bonchev–Trinajstić information content (AvgIpc) is 3.63. The van der Waals surface area contributed by atoms with E-state index in [2.05, 4.69) is 10.2 Å². The third-order valence-electron chi connectivity index (χ3n) is 6.80. The van der Waals surface area contributed by atoms with Crippen molar-refractivity contribution >= 4 is 16.8 Å². The van der Waals surface area contributed by atoms with Gasteiger partial charge in [-0.25, -0.2) is 13.8 Å². The molecule has 0 radical (unpaired) electrons. The van der Waals surface area contributed by atoms with Crippen molar-refractivity contribution in [2.75, 3.05) is 26.3 Å². The van der Waals surface area contributed by atoms with Crippen molar-refractivity contribution in [2.24, 2.45) is 0 Å². The van der Waals surface area contributed by atoms with E-state index in [1.807, 2.05) is 12.1 Å². The van der Waals surface area contributed by atoms with Crippen molar-refractivity contribution in [3.63, 3.8) is 0 Å². The summed E-state index contributed by atoms with van der Waals surface area (Å²) >= 11 is 0. The minimum Gasteiger partial charge on any atom is -0.347 e. The highest BCUT2D eigenvalue weighted by Gasteiger charge is 2.40. The van der Waals surface area contributed by atoms with E-state index in [-0.39, 0.29) is 12.5 Å². The van der Waals surface area contributed by atoms with Crippen molar-refractivity contribution in [3.8, 4) is 11.5 Å². The lowest BCUT2D eigenvalue weighted by molar-refractivity contribution is -0.187. The molecule has 2 saturated heterocycles. The van der Waals surface area contributed by atoms with Crippen LogP contribution in [0.2, 0.25) is 0 Å². The molecule has 0 atom stereocenters. The Labute approximate surface area is 205 Å². The predicted octanol–water partition coefficient (Wildman–Crippen LogP) is 2.19. The molecule has 4 aromatic rings. The summed E-state index contributed by atoms with van der Waals surface area (Å²) in [4.78, 5) is 28.5. The van der Waals surface area contributed by atoms with Gasteiger partial charge in [0.15, 0.2) is 11.6 Å². The van der Waals surface area contributed by atoms with Crippen LogP contribution in [0.15, 0.2) is 53.6 Å². The maximum absolute atomic E-state index is 14.0. The molecular formula is C25H25FN6O4. The van der Waals surface area contributed by atoms with Crippen LogP contribution in [0.25, 0.3) is 22.4 Å². The second kappa shape index (κ2) is 8.68. The second-order valence-electron chi connectivity index (χ2n) is 9.07. The molecule has 2 fully saturated rings. The summed E-state index contributed by atoms with van der Waals surface area (Å²) in [6.07, 6.45) is 4.76. The molecule has 186 valence electrons. The summed E-state index contributed by atoms with van der Waals surface area (Å²) < 4.78 is 30.0. The summed E-state index contributed by atoms with van der Waals surface area (Å²) in [6.45, 7) is 3.66. The van der Waals surface area contributed by atoms with E-state index in [9.17, 15) is 14.0 Å². The lowest BCUT2D eigenvalue weighted by atomic mass is 10.0. The Hall–Kier alpha value is -3.83. The number of ether oxygens (including phenoxy) is 2. The molecule has 3 aromatic heterocycles. The van der Waals surface area contributed by atoms with Crippen molar-refractivity contribution in [2.45, 2.75) is 32.1 Å².